The van der Waals surface area contributed by atoms with Gasteiger partial charge in [0, 0.05) is 49.8 Å². The molecule has 0 aliphatic carbocycles. The first kappa shape index (κ1) is 22.0. The monoisotopic (exact) mass is 420 g/mol. The van der Waals surface area contributed by atoms with Crippen LogP contribution >= 0.6 is 0 Å². The molecule has 1 N–H and O–H groups in total. The molecule has 1 heterocycles. The molecule has 2 aromatic carbocycles. The van der Waals surface area contributed by atoms with Gasteiger partial charge in [0.25, 0.3) is 5.91 Å². The number of benzene rings is 2. The average Bonchev–Trinajstić information content (AvgIpc) is 2.79. The summed E-state index contributed by atoms with van der Waals surface area (Å²) >= 11 is 0. The molecule has 0 bridgehead atoms. The van der Waals surface area contributed by atoms with Gasteiger partial charge < -0.3 is 24.6 Å². The molecule has 1 aliphatic rings. The Morgan fingerprint density at radius 3 is 2.42 bits per heavy atom. The van der Waals surface area contributed by atoms with Crippen molar-refractivity contribution in [3.63, 3.8) is 0 Å². The maximum atomic E-state index is 12.6. The number of amides is 1. The number of nitrogens with one attached hydrogen (secondary N) is 1. The fraction of sp³-hybridized carbons (Fsp3) is 0.333. The Bertz CT molecular complexity index is 1020. The van der Waals surface area contributed by atoms with Crippen molar-refractivity contribution >= 4 is 17.3 Å². The van der Waals surface area contributed by atoms with E-state index in [4.69, 9.17) is 9.47 Å². The predicted octanol–water partition coefficient (Wildman–Crippen LogP) is 3.49. The highest BCUT2D eigenvalue weighted by molar-refractivity contribution is 6.06. The lowest BCUT2D eigenvalue weighted by atomic mass is 10.1. The van der Waals surface area contributed by atoms with E-state index in [-0.39, 0.29) is 5.57 Å². The number of hydrogen-bond donors (Lipinski definition) is 1. The Morgan fingerprint density at radius 1 is 1.06 bits per heavy atom. The second-order valence-electron chi connectivity index (χ2n) is 7.42. The minimum atomic E-state index is -0.452. The molecule has 7 heteroatoms. The molecule has 0 unspecified atom stereocenters. The highest BCUT2D eigenvalue weighted by Gasteiger charge is 2.19. The summed E-state index contributed by atoms with van der Waals surface area (Å²) in [7, 11) is 3.08. The molecule has 162 valence electrons. The summed E-state index contributed by atoms with van der Waals surface area (Å²) in [6.07, 6.45) is 1.65. The van der Waals surface area contributed by atoms with Gasteiger partial charge in [-0.25, -0.2) is 0 Å². The van der Waals surface area contributed by atoms with Crippen LogP contribution in [0.2, 0.25) is 0 Å². The first-order valence-electron chi connectivity index (χ1n) is 10.2. The standard InChI is InChI=1S/C24H28N4O3/c1-17-6-5-7-21(18(17)2)28-12-10-27(11-13-28)16-19(15-25)24(29)26-20-8-9-22(30-3)23(14-20)31-4/h5-9,14,16H,10-13H2,1-4H3,(H,26,29)/b19-16-. The lowest BCUT2D eigenvalue weighted by Crippen LogP contribution is -2.44. The fourth-order valence-corrected chi connectivity index (χ4v) is 3.60. The zero-order valence-corrected chi connectivity index (χ0v) is 18.4. The quantitative estimate of drug-likeness (QED) is 0.569. The number of aryl methyl sites for hydroxylation is 1. The van der Waals surface area contributed by atoms with Gasteiger partial charge >= 0.3 is 0 Å². The molecule has 0 atom stereocenters. The normalized spacial score (nSPS) is 14.1. The first-order valence-corrected chi connectivity index (χ1v) is 10.2. The van der Waals surface area contributed by atoms with E-state index in [0.29, 0.717) is 17.2 Å². The lowest BCUT2D eigenvalue weighted by molar-refractivity contribution is -0.112. The Balaban J connectivity index is 1.65. The van der Waals surface area contributed by atoms with Crippen molar-refractivity contribution in [2.24, 2.45) is 0 Å². The molecule has 1 aliphatic heterocycles. The SMILES string of the molecule is COc1ccc(NC(=O)/C(C#N)=C\N2CCN(c3cccc(C)c3C)CC2)cc1OC. The van der Waals surface area contributed by atoms with Crippen molar-refractivity contribution in [3.05, 3.63) is 59.3 Å². The van der Waals surface area contributed by atoms with E-state index >= 15 is 0 Å². The number of nitriles is 1. The molecule has 1 saturated heterocycles. The van der Waals surface area contributed by atoms with Gasteiger partial charge in [0.1, 0.15) is 11.6 Å². The largest absolute Gasteiger partial charge is 0.493 e. The number of piperazine rings is 1. The second kappa shape index (κ2) is 9.90. The molecule has 0 aromatic heterocycles. The van der Waals surface area contributed by atoms with Crippen LogP contribution in [0.15, 0.2) is 48.2 Å². The van der Waals surface area contributed by atoms with E-state index in [1.165, 1.54) is 23.9 Å². The molecule has 1 amide bonds. The predicted molar refractivity (Wildman–Crippen MR) is 122 cm³/mol. The number of nitrogens with zero attached hydrogens (tertiary/aromatic N) is 3. The molecule has 0 spiro atoms. The molecule has 31 heavy (non-hydrogen) atoms. The summed E-state index contributed by atoms with van der Waals surface area (Å²) in [6.45, 7) is 7.40. The third-order valence-corrected chi connectivity index (χ3v) is 5.55. The van der Waals surface area contributed by atoms with Gasteiger partial charge in [-0.05, 0) is 43.2 Å². The summed E-state index contributed by atoms with van der Waals surface area (Å²) in [5, 5.41) is 12.3. The van der Waals surface area contributed by atoms with Crippen molar-refractivity contribution in [2.45, 2.75) is 13.8 Å². The molecule has 1 fully saturated rings. The molecular formula is C24H28N4O3. The van der Waals surface area contributed by atoms with Crippen molar-refractivity contribution in [1.82, 2.24) is 4.90 Å². The van der Waals surface area contributed by atoms with Crippen molar-refractivity contribution in [1.29, 1.82) is 5.26 Å². The lowest BCUT2D eigenvalue weighted by Gasteiger charge is -2.36. The summed E-state index contributed by atoms with van der Waals surface area (Å²) in [4.78, 5) is 17.0. The number of rotatable bonds is 6. The van der Waals surface area contributed by atoms with E-state index in [0.717, 1.165) is 26.2 Å². The van der Waals surface area contributed by atoms with Crippen molar-refractivity contribution in [3.8, 4) is 17.6 Å². The van der Waals surface area contributed by atoms with Gasteiger partial charge in [-0.15, -0.1) is 0 Å². The van der Waals surface area contributed by atoms with Crippen LogP contribution in [0, 0.1) is 25.2 Å². The Hall–Kier alpha value is -3.66. The fourth-order valence-electron chi connectivity index (χ4n) is 3.60. The summed E-state index contributed by atoms with van der Waals surface area (Å²) < 4.78 is 10.5. The number of methoxy groups -OCH3 is 2. The van der Waals surface area contributed by atoms with Gasteiger partial charge in [-0.3, -0.25) is 4.79 Å². The van der Waals surface area contributed by atoms with E-state index in [1.54, 1.807) is 31.5 Å². The molecular weight excluding hydrogens is 392 g/mol. The zero-order valence-electron chi connectivity index (χ0n) is 18.4. The highest BCUT2D eigenvalue weighted by Crippen LogP contribution is 2.30. The van der Waals surface area contributed by atoms with Crippen LogP contribution in [0.5, 0.6) is 11.5 Å². The maximum absolute atomic E-state index is 12.6. The van der Waals surface area contributed by atoms with Crippen LogP contribution < -0.4 is 19.7 Å². The minimum Gasteiger partial charge on any atom is -0.493 e. The van der Waals surface area contributed by atoms with Crippen LogP contribution in [-0.4, -0.2) is 51.2 Å². The summed E-state index contributed by atoms with van der Waals surface area (Å²) in [5.74, 6) is 0.621. The number of ether oxygens (including phenoxy) is 2. The average molecular weight is 421 g/mol. The Morgan fingerprint density at radius 2 is 1.77 bits per heavy atom. The molecule has 0 radical (unpaired) electrons. The Kier molecular flexibility index (Phi) is 7.03. The Labute approximate surface area is 183 Å². The third kappa shape index (κ3) is 5.10. The van der Waals surface area contributed by atoms with Crippen LogP contribution in [0.25, 0.3) is 0 Å². The topological polar surface area (TPSA) is 77.8 Å². The van der Waals surface area contributed by atoms with Crippen molar-refractivity contribution < 1.29 is 14.3 Å². The van der Waals surface area contributed by atoms with Gasteiger partial charge in [0.2, 0.25) is 0 Å². The maximum Gasteiger partial charge on any atom is 0.267 e. The van der Waals surface area contributed by atoms with Gasteiger partial charge in [0.15, 0.2) is 11.5 Å². The first-order chi connectivity index (χ1) is 15.0. The molecule has 3 rings (SSSR count). The smallest absolute Gasteiger partial charge is 0.267 e. The molecule has 2 aromatic rings. The van der Waals surface area contributed by atoms with Crippen LogP contribution in [0.4, 0.5) is 11.4 Å². The molecule has 0 saturated carbocycles. The van der Waals surface area contributed by atoms with Gasteiger partial charge in [-0.1, -0.05) is 12.1 Å². The number of carbonyl (C=O) groups is 1. The van der Waals surface area contributed by atoms with Crippen molar-refractivity contribution in [2.75, 3.05) is 50.6 Å². The van der Waals surface area contributed by atoms with Gasteiger partial charge in [-0.2, -0.15) is 5.26 Å². The van der Waals surface area contributed by atoms with E-state index in [1.807, 2.05) is 11.0 Å². The second-order valence-corrected chi connectivity index (χ2v) is 7.42. The third-order valence-electron chi connectivity index (χ3n) is 5.55. The molecule has 7 nitrogen and oxygen atoms in total. The number of carbonyl (C=O) groups excluding carboxylic acids is 1. The van der Waals surface area contributed by atoms with E-state index in [2.05, 4.69) is 42.3 Å². The van der Waals surface area contributed by atoms with E-state index in [9.17, 15) is 10.1 Å². The van der Waals surface area contributed by atoms with E-state index < -0.39 is 5.91 Å². The zero-order chi connectivity index (χ0) is 22.4. The summed E-state index contributed by atoms with van der Waals surface area (Å²) in [5.41, 5.74) is 4.41. The number of anilines is 2. The van der Waals surface area contributed by atoms with Gasteiger partial charge in [0.05, 0.1) is 14.2 Å². The van der Waals surface area contributed by atoms with Crippen LogP contribution in [0.1, 0.15) is 11.1 Å². The summed E-state index contributed by atoms with van der Waals surface area (Å²) in [6, 6.07) is 13.4. The van der Waals surface area contributed by atoms with Crippen LogP contribution in [0.3, 0.4) is 0 Å². The number of hydrogen-bond acceptors (Lipinski definition) is 6. The van der Waals surface area contributed by atoms with Crippen LogP contribution in [-0.2, 0) is 4.79 Å². The minimum absolute atomic E-state index is 0.0648. The highest BCUT2D eigenvalue weighted by atomic mass is 16.5.